The molecule has 0 aromatic heterocycles. The van der Waals surface area contributed by atoms with Crippen molar-refractivity contribution in [3.8, 4) is 11.5 Å². The van der Waals surface area contributed by atoms with Crippen molar-refractivity contribution in [1.82, 2.24) is 15.5 Å². The van der Waals surface area contributed by atoms with Gasteiger partial charge < -0.3 is 24.8 Å². The van der Waals surface area contributed by atoms with Crippen LogP contribution in [0.4, 0.5) is 8.78 Å². The number of guanidine groups is 1. The van der Waals surface area contributed by atoms with Gasteiger partial charge in [0.05, 0.1) is 32.9 Å². The van der Waals surface area contributed by atoms with Gasteiger partial charge in [-0.05, 0) is 29.8 Å². The number of nitrogens with one attached hydrogen (secondary N) is 2. The average molecular weight is 449 g/mol. The van der Waals surface area contributed by atoms with Crippen LogP contribution in [0.5, 0.6) is 11.5 Å². The van der Waals surface area contributed by atoms with Crippen LogP contribution in [0, 0.1) is 11.6 Å². The standard InChI is InChI=1S/C23H30F2N4O3/c1-26-23(27-9-12-32-22-8-5-18(24)15-20(22)25)28-16-21(29-10-13-31-14-11-29)17-3-6-19(30-2)7-4-17/h3-8,15,21H,9-14,16H2,1-2H3,(H2,26,27,28). The molecule has 1 aliphatic heterocycles. The van der Waals surface area contributed by atoms with Gasteiger partial charge in [-0.3, -0.25) is 9.89 Å². The Morgan fingerprint density at radius 1 is 1.12 bits per heavy atom. The first-order valence-electron chi connectivity index (χ1n) is 10.6. The van der Waals surface area contributed by atoms with E-state index in [1.165, 1.54) is 11.6 Å². The molecule has 9 heteroatoms. The number of ether oxygens (including phenoxy) is 3. The molecular weight excluding hydrogens is 418 g/mol. The van der Waals surface area contributed by atoms with E-state index in [9.17, 15) is 8.78 Å². The first kappa shape index (κ1) is 23.7. The zero-order chi connectivity index (χ0) is 22.8. The zero-order valence-corrected chi connectivity index (χ0v) is 18.4. The van der Waals surface area contributed by atoms with E-state index in [1.54, 1.807) is 14.2 Å². The Morgan fingerprint density at radius 3 is 2.53 bits per heavy atom. The number of morpholine rings is 1. The molecule has 3 rings (SSSR count). The number of nitrogens with zero attached hydrogens (tertiary/aromatic N) is 2. The predicted molar refractivity (Wildman–Crippen MR) is 119 cm³/mol. The normalized spacial score (nSPS) is 15.8. The molecule has 1 heterocycles. The Morgan fingerprint density at radius 2 is 1.88 bits per heavy atom. The van der Waals surface area contributed by atoms with E-state index in [1.807, 2.05) is 12.1 Å². The fourth-order valence-corrected chi connectivity index (χ4v) is 3.51. The molecule has 1 fully saturated rings. The van der Waals surface area contributed by atoms with Crippen molar-refractivity contribution in [2.75, 3.05) is 60.2 Å². The number of methoxy groups -OCH3 is 1. The van der Waals surface area contributed by atoms with Gasteiger partial charge in [-0.1, -0.05) is 12.1 Å². The molecule has 0 amide bonds. The Bertz CT molecular complexity index is 874. The fraction of sp³-hybridized carbons (Fsp3) is 0.435. The van der Waals surface area contributed by atoms with Crippen molar-refractivity contribution < 1.29 is 23.0 Å². The summed E-state index contributed by atoms with van der Waals surface area (Å²) >= 11 is 0. The fourth-order valence-electron chi connectivity index (χ4n) is 3.51. The molecule has 0 bridgehead atoms. The number of halogens is 2. The molecule has 174 valence electrons. The second kappa shape index (κ2) is 12.2. The zero-order valence-electron chi connectivity index (χ0n) is 18.4. The van der Waals surface area contributed by atoms with E-state index in [-0.39, 0.29) is 18.4 Å². The number of rotatable bonds is 9. The van der Waals surface area contributed by atoms with Crippen LogP contribution in [0.2, 0.25) is 0 Å². The summed E-state index contributed by atoms with van der Waals surface area (Å²) in [6.45, 7) is 4.35. The molecule has 0 aliphatic carbocycles. The Balaban J connectivity index is 1.53. The van der Waals surface area contributed by atoms with Crippen molar-refractivity contribution in [2.45, 2.75) is 6.04 Å². The summed E-state index contributed by atoms with van der Waals surface area (Å²) in [7, 11) is 3.34. The third kappa shape index (κ3) is 6.80. The summed E-state index contributed by atoms with van der Waals surface area (Å²) in [6, 6.07) is 11.4. The SMILES string of the molecule is CN=C(NCCOc1ccc(F)cc1F)NCC(c1ccc(OC)cc1)N1CCOCC1. The minimum absolute atomic E-state index is 0.0167. The van der Waals surface area contributed by atoms with E-state index in [2.05, 4.69) is 32.7 Å². The van der Waals surface area contributed by atoms with Crippen LogP contribution >= 0.6 is 0 Å². The van der Waals surface area contributed by atoms with E-state index < -0.39 is 11.6 Å². The predicted octanol–water partition coefficient (Wildman–Crippen LogP) is 2.59. The van der Waals surface area contributed by atoms with E-state index in [0.29, 0.717) is 32.3 Å². The molecular formula is C23H30F2N4O3. The molecule has 1 aliphatic rings. The summed E-state index contributed by atoms with van der Waals surface area (Å²) in [5.41, 5.74) is 1.17. The molecule has 1 atom stereocenters. The minimum atomic E-state index is -0.722. The first-order valence-corrected chi connectivity index (χ1v) is 10.6. The van der Waals surface area contributed by atoms with Crippen molar-refractivity contribution >= 4 is 5.96 Å². The van der Waals surface area contributed by atoms with Gasteiger partial charge in [0.15, 0.2) is 17.5 Å². The van der Waals surface area contributed by atoms with E-state index in [0.717, 1.165) is 31.0 Å². The van der Waals surface area contributed by atoms with Crippen molar-refractivity contribution in [1.29, 1.82) is 0 Å². The van der Waals surface area contributed by atoms with Gasteiger partial charge in [-0.2, -0.15) is 0 Å². The van der Waals surface area contributed by atoms with Gasteiger partial charge in [0, 0.05) is 32.7 Å². The maximum atomic E-state index is 13.7. The van der Waals surface area contributed by atoms with Crippen LogP contribution in [-0.4, -0.2) is 71.0 Å². The van der Waals surface area contributed by atoms with Crippen LogP contribution in [-0.2, 0) is 4.74 Å². The highest BCUT2D eigenvalue weighted by Gasteiger charge is 2.23. The lowest BCUT2D eigenvalue weighted by atomic mass is 10.0. The van der Waals surface area contributed by atoms with Gasteiger partial charge in [-0.25, -0.2) is 8.78 Å². The summed E-state index contributed by atoms with van der Waals surface area (Å²) < 4.78 is 42.8. The lowest BCUT2D eigenvalue weighted by molar-refractivity contribution is 0.0170. The van der Waals surface area contributed by atoms with Gasteiger partial charge in [0.1, 0.15) is 18.2 Å². The molecule has 0 spiro atoms. The number of hydrogen-bond acceptors (Lipinski definition) is 5. The van der Waals surface area contributed by atoms with Crippen LogP contribution in [0.3, 0.4) is 0 Å². The largest absolute Gasteiger partial charge is 0.497 e. The van der Waals surface area contributed by atoms with Crippen LogP contribution in [0.1, 0.15) is 11.6 Å². The molecule has 0 saturated carbocycles. The second-order valence-electron chi connectivity index (χ2n) is 7.24. The quantitative estimate of drug-likeness (QED) is 0.349. The molecule has 0 radical (unpaired) electrons. The Hall–Kier alpha value is -2.91. The van der Waals surface area contributed by atoms with E-state index >= 15 is 0 Å². The highest BCUT2D eigenvalue weighted by atomic mass is 19.1. The maximum absolute atomic E-state index is 13.7. The van der Waals surface area contributed by atoms with Gasteiger partial charge in [0.2, 0.25) is 0 Å². The van der Waals surface area contributed by atoms with Crippen LogP contribution in [0.25, 0.3) is 0 Å². The topological polar surface area (TPSA) is 67.4 Å². The molecule has 1 unspecified atom stereocenters. The number of aliphatic imine (C=N–C) groups is 1. The molecule has 7 nitrogen and oxygen atoms in total. The number of benzene rings is 2. The second-order valence-corrected chi connectivity index (χ2v) is 7.24. The van der Waals surface area contributed by atoms with Gasteiger partial charge >= 0.3 is 0 Å². The summed E-state index contributed by atoms with van der Waals surface area (Å²) in [6.07, 6.45) is 0. The average Bonchev–Trinajstić information content (AvgIpc) is 2.82. The first-order chi connectivity index (χ1) is 15.6. The van der Waals surface area contributed by atoms with Gasteiger partial charge in [0.25, 0.3) is 0 Å². The van der Waals surface area contributed by atoms with Gasteiger partial charge in [-0.15, -0.1) is 0 Å². The third-order valence-electron chi connectivity index (χ3n) is 5.22. The summed E-state index contributed by atoms with van der Waals surface area (Å²) in [4.78, 5) is 6.63. The van der Waals surface area contributed by atoms with Crippen LogP contribution < -0.4 is 20.1 Å². The monoisotopic (exact) mass is 448 g/mol. The van der Waals surface area contributed by atoms with Crippen molar-refractivity contribution in [3.05, 3.63) is 59.7 Å². The molecule has 1 saturated heterocycles. The van der Waals surface area contributed by atoms with E-state index in [4.69, 9.17) is 14.2 Å². The van der Waals surface area contributed by atoms with Crippen molar-refractivity contribution in [3.63, 3.8) is 0 Å². The third-order valence-corrected chi connectivity index (χ3v) is 5.22. The smallest absolute Gasteiger partial charge is 0.191 e. The van der Waals surface area contributed by atoms with Crippen molar-refractivity contribution in [2.24, 2.45) is 4.99 Å². The molecule has 32 heavy (non-hydrogen) atoms. The highest BCUT2D eigenvalue weighted by molar-refractivity contribution is 5.79. The maximum Gasteiger partial charge on any atom is 0.191 e. The molecule has 2 N–H and O–H groups in total. The number of hydrogen-bond donors (Lipinski definition) is 2. The Kier molecular flexibility index (Phi) is 9.06. The lowest BCUT2D eigenvalue weighted by Gasteiger charge is -2.35. The Labute approximate surface area is 187 Å². The molecule has 2 aromatic carbocycles. The van der Waals surface area contributed by atoms with Crippen LogP contribution in [0.15, 0.2) is 47.5 Å². The lowest BCUT2D eigenvalue weighted by Crippen LogP contribution is -2.46. The summed E-state index contributed by atoms with van der Waals surface area (Å²) in [5.74, 6) is 0.0881. The molecule has 2 aromatic rings. The minimum Gasteiger partial charge on any atom is -0.497 e. The highest BCUT2D eigenvalue weighted by Crippen LogP contribution is 2.23. The summed E-state index contributed by atoms with van der Waals surface area (Å²) in [5, 5.41) is 6.51.